The Morgan fingerprint density at radius 1 is 0.774 bits per heavy atom. The van der Waals surface area contributed by atoms with Crippen molar-refractivity contribution in [3.05, 3.63) is 96.6 Å². The zero-order valence-electron chi connectivity index (χ0n) is 16.6. The predicted molar refractivity (Wildman–Crippen MR) is 121 cm³/mol. The molecule has 31 heavy (non-hydrogen) atoms. The summed E-state index contributed by atoms with van der Waals surface area (Å²) in [5.74, 6) is 0.0521. The Morgan fingerprint density at radius 2 is 1.39 bits per heavy atom. The van der Waals surface area contributed by atoms with Crippen LogP contribution in [0, 0.1) is 0 Å². The van der Waals surface area contributed by atoms with Crippen LogP contribution in [-0.2, 0) is 16.0 Å². The maximum absolute atomic E-state index is 12.3. The second-order valence-electron chi connectivity index (χ2n) is 6.77. The topological polar surface area (TPSA) is 76.9 Å². The fourth-order valence-electron chi connectivity index (χ4n) is 3.09. The molecule has 4 aromatic rings. The van der Waals surface area contributed by atoms with Crippen LogP contribution in [0.15, 0.2) is 96.2 Å². The summed E-state index contributed by atoms with van der Waals surface area (Å²) >= 11 is 1.24. The first kappa shape index (κ1) is 20.6. The van der Waals surface area contributed by atoms with Crippen molar-refractivity contribution >= 4 is 23.6 Å². The summed E-state index contributed by atoms with van der Waals surface area (Å²) in [6.07, 6.45) is 0.162. The molecular weight excluding hydrogens is 408 g/mol. The van der Waals surface area contributed by atoms with Crippen LogP contribution in [0.2, 0.25) is 0 Å². The fraction of sp³-hybridized carbons (Fsp3) is 0.0833. The van der Waals surface area contributed by atoms with Gasteiger partial charge in [0.2, 0.25) is 11.8 Å². The molecule has 0 saturated heterocycles. The number of rotatable bonds is 7. The maximum atomic E-state index is 12.3. The molecule has 1 N–H and O–H groups in total. The highest BCUT2D eigenvalue weighted by molar-refractivity contribution is 7.99. The number of hydrogen-bond acceptors (Lipinski definition) is 5. The molecule has 0 atom stereocenters. The molecular formula is C24H20N4O2S. The summed E-state index contributed by atoms with van der Waals surface area (Å²) in [5.41, 5.74) is 2.68. The molecule has 0 radical (unpaired) electrons. The maximum Gasteiger partial charge on any atom is 0.237 e. The minimum atomic E-state index is -0.366. The van der Waals surface area contributed by atoms with Crippen molar-refractivity contribution in [1.29, 1.82) is 0 Å². The van der Waals surface area contributed by atoms with Gasteiger partial charge in [-0.25, -0.2) is 0 Å². The van der Waals surface area contributed by atoms with Gasteiger partial charge in [0.15, 0.2) is 11.0 Å². The fourth-order valence-corrected chi connectivity index (χ4v) is 3.85. The van der Waals surface area contributed by atoms with Crippen LogP contribution >= 0.6 is 11.8 Å². The monoisotopic (exact) mass is 428 g/mol. The van der Waals surface area contributed by atoms with Gasteiger partial charge in [0.05, 0.1) is 12.2 Å². The van der Waals surface area contributed by atoms with Crippen LogP contribution in [0.5, 0.6) is 0 Å². The molecule has 0 aliphatic rings. The number of benzene rings is 3. The van der Waals surface area contributed by atoms with Crippen molar-refractivity contribution in [1.82, 2.24) is 20.1 Å². The molecule has 6 nitrogen and oxygen atoms in total. The zero-order chi connectivity index (χ0) is 21.5. The van der Waals surface area contributed by atoms with E-state index in [2.05, 4.69) is 15.5 Å². The van der Waals surface area contributed by atoms with E-state index in [1.54, 1.807) is 0 Å². The van der Waals surface area contributed by atoms with E-state index < -0.39 is 0 Å². The smallest absolute Gasteiger partial charge is 0.237 e. The molecule has 7 heteroatoms. The normalized spacial score (nSPS) is 10.6. The summed E-state index contributed by atoms with van der Waals surface area (Å²) in [7, 11) is 0. The van der Waals surface area contributed by atoms with Crippen molar-refractivity contribution in [2.45, 2.75) is 11.6 Å². The molecule has 154 valence electrons. The van der Waals surface area contributed by atoms with Crippen LogP contribution < -0.4 is 5.32 Å². The van der Waals surface area contributed by atoms with Crippen LogP contribution in [0.4, 0.5) is 0 Å². The lowest BCUT2D eigenvalue weighted by Gasteiger charge is -2.10. The standard InChI is InChI=1S/C24H20N4O2S/c29-21(16-18-10-4-1-5-11-18)25-22(30)17-31-24-27-26-23(19-12-6-2-7-13-19)28(24)20-14-8-3-9-15-20/h1-15H,16-17H2,(H,25,29,30). The van der Waals surface area contributed by atoms with Crippen LogP contribution in [-0.4, -0.2) is 32.3 Å². The molecule has 2 amide bonds. The minimum Gasteiger partial charge on any atom is -0.295 e. The van der Waals surface area contributed by atoms with E-state index in [1.807, 2.05) is 95.6 Å². The van der Waals surface area contributed by atoms with Gasteiger partial charge < -0.3 is 0 Å². The lowest BCUT2D eigenvalue weighted by Crippen LogP contribution is -2.33. The number of imide groups is 1. The van der Waals surface area contributed by atoms with E-state index in [0.717, 1.165) is 16.8 Å². The number of aromatic nitrogens is 3. The number of carbonyl (C=O) groups is 2. The van der Waals surface area contributed by atoms with Crippen molar-refractivity contribution in [3.8, 4) is 17.1 Å². The number of nitrogens with one attached hydrogen (secondary N) is 1. The number of thioether (sulfide) groups is 1. The molecule has 0 saturated carbocycles. The van der Waals surface area contributed by atoms with Crippen molar-refractivity contribution in [3.63, 3.8) is 0 Å². The summed E-state index contributed by atoms with van der Waals surface area (Å²) < 4.78 is 1.92. The molecule has 0 spiro atoms. The number of carbonyl (C=O) groups excluding carboxylic acids is 2. The quantitative estimate of drug-likeness (QED) is 0.452. The van der Waals surface area contributed by atoms with Gasteiger partial charge in [-0.1, -0.05) is 90.6 Å². The number of amides is 2. The van der Waals surface area contributed by atoms with Gasteiger partial charge in [-0.05, 0) is 17.7 Å². The summed E-state index contributed by atoms with van der Waals surface area (Å²) in [5, 5.41) is 11.7. The van der Waals surface area contributed by atoms with Gasteiger partial charge >= 0.3 is 0 Å². The van der Waals surface area contributed by atoms with E-state index in [-0.39, 0.29) is 24.0 Å². The second kappa shape index (κ2) is 9.86. The van der Waals surface area contributed by atoms with Crippen molar-refractivity contribution in [2.75, 3.05) is 5.75 Å². The molecule has 0 aliphatic carbocycles. The Bertz CT molecular complexity index is 1160. The van der Waals surface area contributed by atoms with E-state index in [1.165, 1.54) is 11.8 Å². The summed E-state index contributed by atoms with van der Waals surface area (Å²) in [6.45, 7) is 0. The average Bonchev–Trinajstić information content (AvgIpc) is 3.23. The zero-order valence-corrected chi connectivity index (χ0v) is 17.5. The third kappa shape index (κ3) is 5.26. The van der Waals surface area contributed by atoms with Gasteiger partial charge in [0, 0.05) is 11.3 Å². The highest BCUT2D eigenvalue weighted by Crippen LogP contribution is 2.27. The van der Waals surface area contributed by atoms with E-state index in [9.17, 15) is 9.59 Å². The molecule has 0 bridgehead atoms. The van der Waals surface area contributed by atoms with Gasteiger partial charge in [-0.3, -0.25) is 19.5 Å². The van der Waals surface area contributed by atoms with Crippen LogP contribution in [0.3, 0.4) is 0 Å². The first-order valence-electron chi connectivity index (χ1n) is 9.76. The summed E-state index contributed by atoms with van der Waals surface area (Å²) in [6, 6.07) is 28.8. The first-order chi connectivity index (χ1) is 15.2. The Balaban J connectivity index is 1.48. The highest BCUT2D eigenvalue weighted by atomic mass is 32.2. The van der Waals surface area contributed by atoms with E-state index >= 15 is 0 Å². The number of hydrogen-bond donors (Lipinski definition) is 1. The first-order valence-corrected chi connectivity index (χ1v) is 10.7. The van der Waals surface area contributed by atoms with E-state index in [4.69, 9.17) is 0 Å². The molecule has 4 rings (SSSR count). The Morgan fingerprint density at radius 3 is 2.06 bits per heavy atom. The molecule has 0 fully saturated rings. The number of para-hydroxylation sites is 1. The second-order valence-corrected chi connectivity index (χ2v) is 7.71. The lowest BCUT2D eigenvalue weighted by molar-refractivity contribution is -0.128. The largest absolute Gasteiger partial charge is 0.295 e. The average molecular weight is 429 g/mol. The van der Waals surface area contributed by atoms with Gasteiger partial charge in [0.1, 0.15) is 0 Å². The number of nitrogens with zero attached hydrogens (tertiary/aromatic N) is 3. The molecule has 1 heterocycles. The highest BCUT2D eigenvalue weighted by Gasteiger charge is 2.17. The van der Waals surface area contributed by atoms with Crippen LogP contribution in [0.25, 0.3) is 17.1 Å². The molecule has 0 aliphatic heterocycles. The minimum absolute atomic E-state index is 0.0558. The van der Waals surface area contributed by atoms with E-state index in [0.29, 0.717) is 11.0 Å². The SMILES string of the molecule is O=C(CSc1nnc(-c2ccccc2)n1-c1ccccc1)NC(=O)Cc1ccccc1. The Kier molecular flexibility index (Phi) is 6.54. The molecule has 1 aromatic heterocycles. The third-order valence-corrected chi connectivity index (χ3v) is 5.43. The van der Waals surface area contributed by atoms with Crippen molar-refractivity contribution < 1.29 is 9.59 Å². The van der Waals surface area contributed by atoms with Gasteiger partial charge in [-0.2, -0.15) is 0 Å². The summed E-state index contributed by atoms with van der Waals surface area (Å²) in [4.78, 5) is 24.5. The molecule has 0 unspecified atom stereocenters. The van der Waals surface area contributed by atoms with Crippen LogP contribution in [0.1, 0.15) is 5.56 Å². The van der Waals surface area contributed by atoms with Gasteiger partial charge in [-0.15, -0.1) is 10.2 Å². The predicted octanol–water partition coefficient (Wildman–Crippen LogP) is 3.91. The third-order valence-electron chi connectivity index (χ3n) is 4.50. The Hall–Kier alpha value is -3.71. The lowest BCUT2D eigenvalue weighted by atomic mass is 10.1. The molecule has 3 aromatic carbocycles. The van der Waals surface area contributed by atoms with Crippen molar-refractivity contribution in [2.24, 2.45) is 0 Å². The van der Waals surface area contributed by atoms with Gasteiger partial charge in [0.25, 0.3) is 0 Å². The Labute approximate surface area is 184 Å².